The van der Waals surface area contributed by atoms with E-state index in [-0.39, 0.29) is 12.5 Å². The van der Waals surface area contributed by atoms with Crippen molar-refractivity contribution >= 4 is 5.91 Å². The van der Waals surface area contributed by atoms with E-state index in [0.717, 1.165) is 18.7 Å². The van der Waals surface area contributed by atoms with Crippen LogP contribution in [-0.2, 0) is 4.79 Å². The first-order valence-corrected chi connectivity index (χ1v) is 8.27. The Labute approximate surface area is 129 Å². The Balaban J connectivity index is 1.89. The summed E-state index contributed by atoms with van der Waals surface area (Å²) in [6.07, 6.45) is 10.2. The highest BCUT2D eigenvalue weighted by atomic mass is 16.5. The molecule has 1 aromatic carbocycles. The number of benzene rings is 1. The van der Waals surface area contributed by atoms with E-state index in [9.17, 15) is 4.79 Å². The third-order valence-electron chi connectivity index (χ3n) is 3.47. The van der Waals surface area contributed by atoms with E-state index in [4.69, 9.17) is 4.74 Å². The number of nitrogens with one attached hydrogen (secondary N) is 1. The molecule has 1 N–H and O–H groups in total. The fourth-order valence-electron chi connectivity index (χ4n) is 2.20. The maximum Gasteiger partial charge on any atom is 0.257 e. The molecule has 0 aliphatic heterocycles. The minimum Gasteiger partial charge on any atom is -0.484 e. The first-order chi connectivity index (χ1) is 10.3. The molecule has 0 unspecified atom stereocenters. The number of hydrogen-bond acceptors (Lipinski definition) is 2. The van der Waals surface area contributed by atoms with Gasteiger partial charge in [0.25, 0.3) is 5.91 Å². The summed E-state index contributed by atoms with van der Waals surface area (Å²) in [5.74, 6) is 0.696. The van der Waals surface area contributed by atoms with Crippen LogP contribution in [0.4, 0.5) is 0 Å². The van der Waals surface area contributed by atoms with Gasteiger partial charge in [-0.2, -0.15) is 0 Å². The molecule has 118 valence electrons. The van der Waals surface area contributed by atoms with Gasteiger partial charge in [-0.25, -0.2) is 0 Å². The summed E-state index contributed by atoms with van der Waals surface area (Å²) in [5, 5.41) is 2.90. The van der Waals surface area contributed by atoms with Gasteiger partial charge in [-0.15, -0.1) is 0 Å². The van der Waals surface area contributed by atoms with Crippen molar-refractivity contribution in [2.45, 2.75) is 58.3 Å². The predicted molar refractivity (Wildman–Crippen MR) is 87.6 cm³/mol. The third-order valence-corrected chi connectivity index (χ3v) is 3.47. The SMILES string of the molecule is CCCCCCCCCCNC(=O)COc1ccccc1. The summed E-state index contributed by atoms with van der Waals surface area (Å²) in [5.41, 5.74) is 0. The van der Waals surface area contributed by atoms with Crippen molar-refractivity contribution in [2.24, 2.45) is 0 Å². The Morgan fingerprint density at radius 3 is 2.24 bits per heavy atom. The average Bonchev–Trinajstić information content (AvgIpc) is 2.52. The lowest BCUT2D eigenvalue weighted by molar-refractivity contribution is -0.123. The van der Waals surface area contributed by atoms with E-state index in [0.29, 0.717) is 0 Å². The highest BCUT2D eigenvalue weighted by Gasteiger charge is 2.01. The van der Waals surface area contributed by atoms with Crippen LogP contribution in [-0.4, -0.2) is 19.1 Å². The molecule has 3 nitrogen and oxygen atoms in total. The Bertz CT molecular complexity index is 365. The summed E-state index contributed by atoms with van der Waals surface area (Å²) in [7, 11) is 0. The van der Waals surface area contributed by atoms with Crippen LogP contribution in [0.1, 0.15) is 58.3 Å². The van der Waals surface area contributed by atoms with Gasteiger partial charge in [-0.1, -0.05) is 70.1 Å². The van der Waals surface area contributed by atoms with E-state index < -0.39 is 0 Å². The van der Waals surface area contributed by atoms with E-state index in [2.05, 4.69) is 12.2 Å². The molecule has 0 atom stereocenters. The molecule has 0 heterocycles. The van der Waals surface area contributed by atoms with Gasteiger partial charge in [0, 0.05) is 6.54 Å². The van der Waals surface area contributed by atoms with Crippen molar-refractivity contribution in [3.8, 4) is 5.75 Å². The molecule has 1 amide bonds. The van der Waals surface area contributed by atoms with Crippen LogP contribution in [0.5, 0.6) is 5.75 Å². The molecule has 0 saturated carbocycles. The highest BCUT2D eigenvalue weighted by Crippen LogP contribution is 2.08. The summed E-state index contributed by atoms with van der Waals surface area (Å²) in [6, 6.07) is 9.42. The van der Waals surface area contributed by atoms with Gasteiger partial charge < -0.3 is 10.1 Å². The van der Waals surface area contributed by atoms with Gasteiger partial charge in [0.15, 0.2) is 6.61 Å². The Morgan fingerprint density at radius 2 is 1.57 bits per heavy atom. The van der Waals surface area contributed by atoms with Crippen LogP contribution in [0.3, 0.4) is 0 Å². The number of carbonyl (C=O) groups excluding carboxylic acids is 1. The lowest BCUT2D eigenvalue weighted by Crippen LogP contribution is -2.29. The Hall–Kier alpha value is -1.51. The monoisotopic (exact) mass is 291 g/mol. The van der Waals surface area contributed by atoms with Crippen LogP contribution >= 0.6 is 0 Å². The molecule has 0 aromatic heterocycles. The number of hydrogen-bond donors (Lipinski definition) is 1. The topological polar surface area (TPSA) is 38.3 Å². The third kappa shape index (κ3) is 9.94. The highest BCUT2D eigenvalue weighted by molar-refractivity contribution is 5.77. The predicted octanol–water partition coefficient (Wildman–Crippen LogP) is 4.32. The zero-order valence-corrected chi connectivity index (χ0v) is 13.3. The number of unbranched alkanes of at least 4 members (excludes halogenated alkanes) is 7. The molecule has 0 bridgehead atoms. The fraction of sp³-hybridized carbons (Fsp3) is 0.611. The van der Waals surface area contributed by atoms with E-state index in [1.807, 2.05) is 30.3 Å². The second kappa shape index (κ2) is 12.2. The first-order valence-electron chi connectivity index (χ1n) is 8.27. The zero-order valence-electron chi connectivity index (χ0n) is 13.3. The molecule has 3 heteroatoms. The summed E-state index contributed by atoms with van der Waals surface area (Å²) in [4.78, 5) is 11.6. The van der Waals surface area contributed by atoms with Gasteiger partial charge in [-0.3, -0.25) is 4.79 Å². The molecule has 21 heavy (non-hydrogen) atoms. The summed E-state index contributed by atoms with van der Waals surface area (Å²) < 4.78 is 5.39. The molecule has 0 aliphatic carbocycles. The van der Waals surface area contributed by atoms with Crippen LogP contribution in [0.2, 0.25) is 0 Å². The second-order valence-electron chi connectivity index (χ2n) is 5.43. The van der Waals surface area contributed by atoms with Crippen molar-refractivity contribution in [1.29, 1.82) is 0 Å². The molecule has 0 radical (unpaired) electrons. The summed E-state index contributed by atoms with van der Waals surface area (Å²) in [6.45, 7) is 3.09. The Kier molecular flexibility index (Phi) is 10.2. The van der Waals surface area contributed by atoms with Crippen molar-refractivity contribution in [1.82, 2.24) is 5.32 Å². The fourth-order valence-corrected chi connectivity index (χ4v) is 2.20. The quantitative estimate of drug-likeness (QED) is 0.582. The van der Waals surface area contributed by atoms with E-state index in [1.165, 1.54) is 44.9 Å². The minimum atomic E-state index is -0.0400. The molecular formula is C18H29NO2. The van der Waals surface area contributed by atoms with Gasteiger partial charge in [0.1, 0.15) is 5.75 Å². The number of amides is 1. The van der Waals surface area contributed by atoms with Crippen molar-refractivity contribution in [3.63, 3.8) is 0 Å². The minimum absolute atomic E-state index is 0.0400. The zero-order chi connectivity index (χ0) is 15.2. The molecule has 1 rings (SSSR count). The van der Waals surface area contributed by atoms with Crippen molar-refractivity contribution in [3.05, 3.63) is 30.3 Å². The lowest BCUT2D eigenvalue weighted by Gasteiger charge is -2.07. The van der Waals surface area contributed by atoms with Crippen LogP contribution in [0, 0.1) is 0 Å². The number of ether oxygens (including phenoxy) is 1. The van der Waals surface area contributed by atoms with Crippen LogP contribution in [0.15, 0.2) is 30.3 Å². The molecule has 1 aromatic rings. The van der Waals surface area contributed by atoms with Gasteiger partial charge in [0.2, 0.25) is 0 Å². The second-order valence-corrected chi connectivity index (χ2v) is 5.43. The van der Waals surface area contributed by atoms with Crippen molar-refractivity contribution in [2.75, 3.05) is 13.2 Å². The standard InChI is InChI=1S/C18H29NO2/c1-2-3-4-5-6-7-8-12-15-19-18(20)16-21-17-13-10-9-11-14-17/h9-11,13-14H,2-8,12,15-16H2,1H3,(H,19,20). The van der Waals surface area contributed by atoms with Gasteiger partial charge >= 0.3 is 0 Å². The van der Waals surface area contributed by atoms with E-state index >= 15 is 0 Å². The first kappa shape index (κ1) is 17.5. The number of para-hydroxylation sites is 1. The van der Waals surface area contributed by atoms with Gasteiger partial charge in [-0.05, 0) is 18.6 Å². The van der Waals surface area contributed by atoms with Crippen LogP contribution in [0.25, 0.3) is 0 Å². The average molecular weight is 291 g/mol. The molecule has 0 fully saturated rings. The van der Waals surface area contributed by atoms with E-state index in [1.54, 1.807) is 0 Å². The molecule has 0 aliphatic rings. The number of rotatable bonds is 12. The molecule has 0 saturated heterocycles. The van der Waals surface area contributed by atoms with Crippen molar-refractivity contribution < 1.29 is 9.53 Å². The number of carbonyl (C=O) groups is 1. The largest absolute Gasteiger partial charge is 0.484 e. The lowest BCUT2D eigenvalue weighted by atomic mass is 10.1. The van der Waals surface area contributed by atoms with Crippen LogP contribution < -0.4 is 10.1 Å². The maximum atomic E-state index is 11.6. The maximum absolute atomic E-state index is 11.6. The molecular weight excluding hydrogens is 262 g/mol. The van der Waals surface area contributed by atoms with Gasteiger partial charge in [0.05, 0.1) is 0 Å². The smallest absolute Gasteiger partial charge is 0.257 e. The Morgan fingerprint density at radius 1 is 0.952 bits per heavy atom. The normalized spacial score (nSPS) is 10.3. The molecule has 0 spiro atoms. The summed E-state index contributed by atoms with van der Waals surface area (Å²) >= 11 is 0.